The van der Waals surface area contributed by atoms with Crippen LogP contribution in [0, 0.1) is 6.92 Å². The Morgan fingerprint density at radius 2 is 1.81 bits per heavy atom. The van der Waals surface area contributed by atoms with Gasteiger partial charge in [0, 0.05) is 18.7 Å². The van der Waals surface area contributed by atoms with Gasteiger partial charge >= 0.3 is 0 Å². The van der Waals surface area contributed by atoms with Crippen LogP contribution in [0.25, 0.3) is 11.3 Å². The third-order valence-electron chi connectivity index (χ3n) is 4.66. The lowest BCUT2D eigenvalue weighted by Gasteiger charge is -2.19. The smallest absolute Gasteiger partial charge is 0.0695 e. The van der Waals surface area contributed by atoms with Crippen LogP contribution in [-0.4, -0.2) is 28.0 Å². The summed E-state index contributed by atoms with van der Waals surface area (Å²) in [6.45, 7) is 5.49. The van der Waals surface area contributed by atoms with Crippen molar-refractivity contribution in [2.24, 2.45) is 0 Å². The Labute approximate surface area is 155 Å². The summed E-state index contributed by atoms with van der Waals surface area (Å²) in [7, 11) is 0. The first-order valence-electron chi connectivity index (χ1n) is 9.16. The number of nitrogens with one attached hydrogen (secondary N) is 2. The third-order valence-corrected chi connectivity index (χ3v) is 4.66. The zero-order valence-electron chi connectivity index (χ0n) is 15.4. The summed E-state index contributed by atoms with van der Waals surface area (Å²) in [6, 6.07) is 18.8. The molecule has 2 unspecified atom stereocenters. The molecule has 0 fully saturated rings. The minimum atomic E-state index is -0.320. The van der Waals surface area contributed by atoms with Crippen molar-refractivity contribution in [3.8, 4) is 11.3 Å². The Kier molecular flexibility index (Phi) is 6.21. The lowest BCUT2D eigenvalue weighted by molar-refractivity contribution is 0.173. The molecule has 0 saturated carbocycles. The fourth-order valence-electron chi connectivity index (χ4n) is 3.27. The van der Waals surface area contributed by atoms with Crippen LogP contribution in [0.15, 0.2) is 60.8 Å². The molecular weight excluding hydrogens is 322 g/mol. The second-order valence-electron chi connectivity index (χ2n) is 6.96. The lowest BCUT2D eigenvalue weighted by Crippen LogP contribution is -2.23. The van der Waals surface area contributed by atoms with Crippen LogP contribution in [0.5, 0.6) is 0 Å². The molecule has 2 aromatic carbocycles. The number of hydrogen-bond acceptors (Lipinski definition) is 3. The average molecular weight is 349 g/mol. The molecule has 4 nitrogen and oxygen atoms in total. The molecule has 0 aliphatic heterocycles. The fraction of sp³-hybridized carbons (Fsp3) is 0.318. The second-order valence-corrected chi connectivity index (χ2v) is 6.96. The van der Waals surface area contributed by atoms with Gasteiger partial charge in [0.1, 0.15) is 0 Å². The molecule has 0 aliphatic carbocycles. The number of aliphatic hydroxyl groups excluding tert-OH is 1. The van der Waals surface area contributed by atoms with Crippen molar-refractivity contribution >= 4 is 0 Å². The Balaban J connectivity index is 1.65. The summed E-state index contributed by atoms with van der Waals surface area (Å²) >= 11 is 0. The van der Waals surface area contributed by atoms with Crippen molar-refractivity contribution in [2.45, 2.75) is 38.8 Å². The van der Waals surface area contributed by atoms with E-state index in [2.05, 4.69) is 71.0 Å². The standard InChI is InChI=1S/C22H27N3O/c1-16-8-10-19(11-9-16)22-21(15-24-25-22)14-23-13-20(12-17(2)26)18-6-4-3-5-7-18/h3-11,15,17,20,23,26H,12-14H2,1-2H3,(H,24,25). The van der Waals surface area contributed by atoms with E-state index in [0.717, 1.165) is 36.3 Å². The Morgan fingerprint density at radius 3 is 2.50 bits per heavy atom. The number of H-pyrrole nitrogens is 1. The van der Waals surface area contributed by atoms with Gasteiger partial charge in [0.2, 0.25) is 0 Å². The normalized spacial score (nSPS) is 13.5. The van der Waals surface area contributed by atoms with E-state index in [1.807, 2.05) is 19.2 Å². The largest absolute Gasteiger partial charge is 0.393 e. The van der Waals surface area contributed by atoms with Gasteiger partial charge in [-0.1, -0.05) is 60.2 Å². The van der Waals surface area contributed by atoms with E-state index in [0.29, 0.717) is 0 Å². The summed E-state index contributed by atoms with van der Waals surface area (Å²) in [5.41, 5.74) is 5.86. The van der Waals surface area contributed by atoms with Crippen LogP contribution in [-0.2, 0) is 6.54 Å². The van der Waals surface area contributed by atoms with Crippen LogP contribution < -0.4 is 5.32 Å². The summed E-state index contributed by atoms with van der Waals surface area (Å²) in [4.78, 5) is 0. The molecule has 0 saturated heterocycles. The summed E-state index contributed by atoms with van der Waals surface area (Å²) in [5, 5.41) is 20.7. The second kappa shape index (κ2) is 8.79. The molecule has 1 heterocycles. The van der Waals surface area contributed by atoms with Gasteiger partial charge in [0.15, 0.2) is 0 Å². The van der Waals surface area contributed by atoms with E-state index in [4.69, 9.17) is 0 Å². The maximum Gasteiger partial charge on any atom is 0.0695 e. The highest BCUT2D eigenvalue weighted by atomic mass is 16.3. The predicted octanol–water partition coefficient (Wildman–Crippen LogP) is 4.03. The number of aliphatic hydroxyl groups is 1. The quantitative estimate of drug-likeness (QED) is 0.575. The molecule has 2 atom stereocenters. The maximum absolute atomic E-state index is 9.84. The molecule has 0 spiro atoms. The van der Waals surface area contributed by atoms with E-state index >= 15 is 0 Å². The molecule has 1 aromatic heterocycles. The topological polar surface area (TPSA) is 60.9 Å². The fourth-order valence-corrected chi connectivity index (χ4v) is 3.27. The number of benzene rings is 2. The van der Waals surface area contributed by atoms with Crippen molar-refractivity contribution in [3.63, 3.8) is 0 Å². The molecule has 4 heteroatoms. The predicted molar refractivity (Wildman–Crippen MR) is 106 cm³/mol. The zero-order valence-corrected chi connectivity index (χ0v) is 15.4. The molecule has 0 amide bonds. The number of aryl methyl sites for hydroxylation is 1. The SMILES string of the molecule is Cc1ccc(-c2[nH]ncc2CNCC(CC(C)O)c2ccccc2)cc1. The van der Waals surface area contributed by atoms with Gasteiger partial charge in [-0.2, -0.15) is 5.10 Å². The van der Waals surface area contributed by atoms with Crippen LogP contribution in [0.3, 0.4) is 0 Å². The number of aromatic nitrogens is 2. The highest BCUT2D eigenvalue weighted by Crippen LogP contribution is 2.23. The van der Waals surface area contributed by atoms with Crippen LogP contribution >= 0.6 is 0 Å². The first-order valence-corrected chi connectivity index (χ1v) is 9.16. The van der Waals surface area contributed by atoms with Crippen LogP contribution in [0.4, 0.5) is 0 Å². The van der Waals surface area contributed by atoms with Gasteiger partial charge in [0.05, 0.1) is 18.0 Å². The molecular formula is C22H27N3O. The van der Waals surface area contributed by atoms with Gasteiger partial charge in [-0.15, -0.1) is 0 Å². The van der Waals surface area contributed by atoms with Gasteiger partial charge in [-0.05, 0) is 37.3 Å². The minimum Gasteiger partial charge on any atom is -0.393 e. The van der Waals surface area contributed by atoms with E-state index < -0.39 is 0 Å². The Morgan fingerprint density at radius 1 is 1.08 bits per heavy atom. The highest BCUT2D eigenvalue weighted by molar-refractivity contribution is 5.62. The third kappa shape index (κ3) is 4.81. The van der Waals surface area contributed by atoms with Crippen LogP contribution in [0.2, 0.25) is 0 Å². The molecule has 3 N–H and O–H groups in total. The molecule has 136 valence electrons. The van der Waals surface area contributed by atoms with Crippen molar-refractivity contribution in [1.82, 2.24) is 15.5 Å². The Bertz CT molecular complexity index is 794. The Hall–Kier alpha value is -2.43. The van der Waals surface area contributed by atoms with E-state index in [-0.39, 0.29) is 12.0 Å². The summed E-state index contributed by atoms with van der Waals surface area (Å²) in [5.74, 6) is 0.283. The molecule has 3 aromatic rings. The van der Waals surface area contributed by atoms with Gasteiger partial charge in [-0.3, -0.25) is 5.10 Å². The lowest BCUT2D eigenvalue weighted by atomic mass is 9.93. The van der Waals surface area contributed by atoms with Gasteiger partial charge in [0.25, 0.3) is 0 Å². The number of hydrogen-bond donors (Lipinski definition) is 3. The highest BCUT2D eigenvalue weighted by Gasteiger charge is 2.14. The molecule has 3 rings (SSSR count). The summed E-state index contributed by atoms with van der Waals surface area (Å²) < 4.78 is 0. The first-order chi connectivity index (χ1) is 12.6. The molecule has 0 radical (unpaired) electrons. The van der Waals surface area contributed by atoms with Gasteiger partial charge < -0.3 is 10.4 Å². The van der Waals surface area contributed by atoms with E-state index in [9.17, 15) is 5.11 Å². The zero-order chi connectivity index (χ0) is 18.4. The van der Waals surface area contributed by atoms with Crippen LogP contribution in [0.1, 0.15) is 36.0 Å². The minimum absolute atomic E-state index is 0.283. The molecule has 0 aliphatic rings. The summed E-state index contributed by atoms with van der Waals surface area (Å²) in [6.07, 6.45) is 2.31. The van der Waals surface area contributed by atoms with Crippen molar-refractivity contribution in [2.75, 3.05) is 6.54 Å². The van der Waals surface area contributed by atoms with E-state index in [1.54, 1.807) is 0 Å². The number of nitrogens with zero attached hydrogens (tertiary/aromatic N) is 1. The van der Waals surface area contributed by atoms with Crippen molar-refractivity contribution < 1.29 is 5.11 Å². The van der Waals surface area contributed by atoms with E-state index in [1.165, 1.54) is 11.1 Å². The van der Waals surface area contributed by atoms with Gasteiger partial charge in [-0.25, -0.2) is 0 Å². The number of aromatic amines is 1. The monoisotopic (exact) mass is 349 g/mol. The molecule has 26 heavy (non-hydrogen) atoms. The number of rotatable bonds is 8. The average Bonchev–Trinajstić information content (AvgIpc) is 3.10. The van der Waals surface area contributed by atoms with Crippen molar-refractivity contribution in [1.29, 1.82) is 0 Å². The maximum atomic E-state index is 9.84. The first kappa shape index (κ1) is 18.4. The molecule has 0 bridgehead atoms. The van der Waals surface area contributed by atoms with Crippen molar-refractivity contribution in [3.05, 3.63) is 77.5 Å².